The minimum atomic E-state index is 0.0853. The molecule has 0 unspecified atom stereocenters. The van der Waals surface area contributed by atoms with Crippen LogP contribution >= 0.6 is 0 Å². The molecule has 0 amide bonds. The zero-order valence-electron chi connectivity index (χ0n) is 11.7. The van der Waals surface area contributed by atoms with Crippen LogP contribution in [0.3, 0.4) is 0 Å². The van der Waals surface area contributed by atoms with Gasteiger partial charge in [0.2, 0.25) is 0 Å². The van der Waals surface area contributed by atoms with E-state index in [1.54, 1.807) is 0 Å². The van der Waals surface area contributed by atoms with Crippen molar-refractivity contribution >= 4 is 0 Å². The lowest BCUT2D eigenvalue weighted by atomic mass is 10.0. The molecule has 0 aliphatic heterocycles. The van der Waals surface area contributed by atoms with Gasteiger partial charge in [0.25, 0.3) is 0 Å². The van der Waals surface area contributed by atoms with E-state index in [2.05, 4.69) is 6.07 Å². The van der Waals surface area contributed by atoms with E-state index < -0.39 is 0 Å². The van der Waals surface area contributed by atoms with Crippen molar-refractivity contribution in [1.29, 1.82) is 0 Å². The van der Waals surface area contributed by atoms with E-state index in [1.807, 2.05) is 42.2 Å². The van der Waals surface area contributed by atoms with Crippen LogP contribution in [0.2, 0.25) is 0 Å². The fraction of sp³-hybridized carbons (Fsp3) is 0.375. The van der Waals surface area contributed by atoms with Crippen molar-refractivity contribution in [3.05, 3.63) is 47.7 Å². The summed E-state index contributed by atoms with van der Waals surface area (Å²) < 4.78 is 5.69. The van der Waals surface area contributed by atoms with Crippen molar-refractivity contribution < 1.29 is 14.6 Å². The molecule has 4 heteroatoms. The number of rotatable bonds is 7. The van der Waals surface area contributed by atoms with Crippen LogP contribution in [0.4, 0.5) is 0 Å². The number of benzene rings is 1. The van der Waals surface area contributed by atoms with Crippen LogP contribution in [0, 0.1) is 6.92 Å². The summed E-state index contributed by atoms with van der Waals surface area (Å²) in [6.45, 7) is 3.87. The Kier molecular flexibility index (Phi) is 5.35. The Hall–Kier alpha value is -1.62. The highest BCUT2D eigenvalue weighted by molar-refractivity contribution is 5.62. The Morgan fingerprint density at radius 3 is 2.30 bits per heavy atom. The third-order valence-electron chi connectivity index (χ3n) is 3.25. The van der Waals surface area contributed by atoms with E-state index in [0.29, 0.717) is 19.6 Å². The van der Waals surface area contributed by atoms with Gasteiger partial charge >= 0.3 is 0 Å². The number of hydrogen-bond donors (Lipinski definition) is 2. The lowest BCUT2D eigenvalue weighted by Crippen LogP contribution is -2.29. The Balaban J connectivity index is 2.23. The van der Waals surface area contributed by atoms with Gasteiger partial charge in [-0.3, -0.25) is 4.90 Å². The molecule has 2 rings (SSSR count). The van der Waals surface area contributed by atoms with Gasteiger partial charge in [0.1, 0.15) is 11.5 Å². The van der Waals surface area contributed by atoms with Crippen LogP contribution in [0.1, 0.15) is 11.3 Å². The number of nitrogens with zero attached hydrogens (tertiary/aromatic N) is 1. The molecule has 20 heavy (non-hydrogen) atoms. The summed E-state index contributed by atoms with van der Waals surface area (Å²) in [6, 6.07) is 12.0. The van der Waals surface area contributed by atoms with E-state index in [9.17, 15) is 0 Å². The molecule has 0 aliphatic carbocycles. The molecule has 0 spiro atoms. The summed E-state index contributed by atoms with van der Waals surface area (Å²) in [5, 5.41) is 18.2. The molecule has 0 aliphatic rings. The smallest absolute Gasteiger partial charge is 0.134 e. The van der Waals surface area contributed by atoms with Gasteiger partial charge in [-0.25, -0.2) is 0 Å². The maximum absolute atomic E-state index is 9.09. The Morgan fingerprint density at radius 2 is 1.70 bits per heavy atom. The minimum Gasteiger partial charge on any atom is -0.461 e. The van der Waals surface area contributed by atoms with Crippen LogP contribution in [-0.2, 0) is 6.54 Å². The van der Waals surface area contributed by atoms with Gasteiger partial charge in [-0.2, -0.15) is 0 Å². The highest BCUT2D eigenvalue weighted by Crippen LogP contribution is 2.26. The molecule has 1 aromatic heterocycles. The second kappa shape index (κ2) is 7.24. The minimum absolute atomic E-state index is 0.0853. The first-order valence-electron chi connectivity index (χ1n) is 6.83. The lowest BCUT2D eigenvalue weighted by Gasteiger charge is -2.21. The third-order valence-corrected chi connectivity index (χ3v) is 3.25. The van der Waals surface area contributed by atoms with E-state index in [1.165, 1.54) is 0 Å². The van der Waals surface area contributed by atoms with E-state index in [-0.39, 0.29) is 13.2 Å². The maximum Gasteiger partial charge on any atom is 0.134 e. The Labute approximate surface area is 119 Å². The molecular weight excluding hydrogens is 254 g/mol. The molecule has 0 fully saturated rings. The van der Waals surface area contributed by atoms with E-state index >= 15 is 0 Å². The molecular formula is C16H21NO3. The zero-order valence-corrected chi connectivity index (χ0v) is 11.7. The van der Waals surface area contributed by atoms with Crippen molar-refractivity contribution in [2.24, 2.45) is 0 Å². The van der Waals surface area contributed by atoms with Gasteiger partial charge in [0, 0.05) is 25.2 Å². The number of furan rings is 1. The SMILES string of the molecule is Cc1ccc(-c2ccccc2CN(CCO)CCO)o1. The average Bonchev–Trinajstić information content (AvgIpc) is 2.86. The molecule has 0 bridgehead atoms. The summed E-state index contributed by atoms with van der Waals surface area (Å²) in [5.74, 6) is 1.74. The largest absolute Gasteiger partial charge is 0.461 e. The number of hydrogen-bond acceptors (Lipinski definition) is 4. The molecule has 2 N–H and O–H groups in total. The normalized spacial score (nSPS) is 11.2. The topological polar surface area (TPSA) is 56.8 Å². The molecule has 0 saturated carbocycles. The third kappa shape index (κ3) is 3.70. The highest BCUT2D eigenvalue weighted by atomic mass is 16.3. The zero-order chi connectivity index (χ0) is 14.4. The second-order valence-corrected chi connectivity index (χ2v) is 4.79. The summed E-state index contributed by atoms with van der Waals surface area (Å²) in [5.41, 5.74) is 2.19. The summed E-state index contributed by atoms with van der Waals surface area (Å²) >= 11 is 0. The summed E-state index contributed by atoms with van der Waals surface area (Å²) in [4.78, 5) is 2.02. The van der Waals surface area contributed by atoms with E-state index in [4.69, 9.17) is 14.6 Å². The molecule has 0 atom stereocenters. The first-order valence-corrected chi connectivity index (χ1v) is 6.83. The molecule has 0 saturated heterocycles. The summed E-state index contributed by atoms with van der Waals surface area (Å²) in [7, 11) is 0. The van der Waals surface area contributed by atoms with Crippen molar-refractivity contribution in [1.82, 2.24) is 4.90 Å². The van der Waals surface area contributed by atoms with Crippen molar-refractivity contribution in [2.45, 2.75) is 13.5 Å². The monoisotopic (exact) mass is 275 g/mol. The summed E-state index contributed by atoms with van der Waals surface area (Å²) in [6.07, 6.45) is 0. The van der Waals surface area contributed by atoms with Gasteiger partial charge < -0.3 is 14.6 Å². The van der Waals surface area contributed by atoms with Crippen LogP contribution < -0.4 is 0 Å². The van der Waals surface area contributed by atoms with Gasteiger partial charge in [0.15, 0.2) is 0 Å². The van der Waals surface area contributed by atoms with Crippen LogP contribution in [0.5, 0.6) is 0 Å². The van der Waals surface area contributed by atoms with Crippen molar-refractivity contribution in [3.8, 4) is 11.3 Å². The number of aliphatic hydroxyl groups excluding tert-OH is 2. The molecule has 2 aromatic rings. The van der Waals surface area contributed by atoms with E-state index in [0.717, 1.165) is 22.6 Å². The maximum atomic E-state index is 9.09. The van der Waals surface area contributed by atoms with Gasteiger partial charge in [-0.15, -0.1) is 0 Å². The van der Waals surface area contributed by atoms with Gasteiger partial charge in [-0.1, -0.05) is 24.3 Å². The van der Waals surface area contributed by atoms with Crippen LogP contribution in [0.15, 0.2) is 40.8 Å². The van der Waals surface area contributed by atoms with Gasteiger partial charge in [0.05, 0.1) is 13.2 Å². The fourth-order valence-corrected chi connectivity index (χ4v) is 2.27. The number of aryl methyl sites for hydroxylation is 1. The molecule has 1 aromatic carbocycles. The molecule has 0 radical (unpaired) electrons. The van der Waals surface area contributed by atoms with Crippen LogP contribution in [0.25, 0.3) is 11.3 Å². The predicted octanol–water partition coefficient (Wildman–Crippen LogP) is 2.04. The first-order chi connectivity index (χ1) is 9.74. The lowest BCUT2D eigenvalue weighted by molar-refractivity contribution is 0.156. The molecule has 108 valence electrons. The van der Waals surface area contributed by atoms with Gasteiger partial charge in [-0.05, 0) is 24.6 Å². The first kappa shape index (κ1) is 14.8. The molecule has 1 heterocycles. The quantitative estimate of drug-likeness (QED) is 0.812. The number of aliphatic hydroxyl groups is 2. The second-order valence-electron chi connectivity index (χ2n) is 4.79. The Morgan fingerprint density at radius 1 is 1.00 bits per heavy atom. The predicted molar refractivity (Wildman–Crippen MR) is 78.3 cm³/mol. The van der Waals surface area contributed by atoms with Crippen molar-refractivity contribution in [3.63, 3.8) is 0 Å². The Bertz CT molecular complexity index is 530. The fourth-order valence-electron chi connectivity index (χ4n) is 2.27. The molecule has 4 nitrogen and oxygen atoms in total. The van der Waals surface area contributed by atoms with Crippen molar-refractivity contribution in [2.75, 3.05) is 26.3 Å². The standard InChI is InChI=1S/C16H21NO3/c1-13-6-7-16(20-13)15-5-3-2-4-14(15)12-17(8-10-18)9-11-19/h2-7,18-19H,8-12H2,1H3. The van der Waals surface area contributed by atoms with Crippen LogP contribution in [-0.4, -0.2) is 41.4 Å². The highest BCUT2D eigenvalue weighted by Gasteiger charge is 2.11. The average molecular weight is 275 g/mol.